The first-order valence-corrected chi connectivity index (χ1v) is 12.6. The van der Waals surface area contributed by atoms with Gasteiger partial charge in [0.05, 0.1) is 5.69 Å². The molecule has 1 aliphatic carbocycles. The highest BCUT2D eigenvalue weighted by atomic mass is 127. The number of likely N-dealkylation sites (N-methyl/N-ethyl adjacent to an activating group) is 1. The Balaban J connectivity index is 1.46. The molecule has 7 nitrogen and oxygen atoms in total. The summed E-state index contributed by atoms with van der Waals surface area (Å²) in [6.07, 6.45) is 4.04. The molecule has 172 valence electrons. The van der Waals surface area contributed by atoms with Crippen molar-refractivity contribution < 1.29 is 9.59 Å². The van der Waals surface area contributed by atoms with Crippen LogP contribution < -0.4 is 15.5 Å². The fourth-order valence-corrected chi connectivity index (χ4v) is 5.72. The molecule has 3 heterocycles. The number of hydrogen-bond donors (Lipinski definition) is 2. The summed E-state index contributed by atoms with van der Waals surface area (Å²) in [6.45, 7) is 1.89. The van der Waals surface area contributed by atoms with Crippen molar-refractivity contribution in [2.24, 2.45) is 16.8 Å². The Hall–Kier alpha value is -2.62. The molecule has 2 aromatic carbocycles. The average molecular weight is 557 g/mol. The Morgan fingerprint density at radius 1 is 1.03 bits per heavy atom. The molecule has 3 aliphatic heterocycles. The Labute approximate surface area is 207 Å². The lowest BCUT2D eigenvalue weighted by Crippen LogP contribution is -2.47. The number of nitrogens with zero attached hydrogens (tertiary/aromatic N) is 3. The second-order valence-electron chi connectivity index (χ2n) is 9.17. The molecule has 3 fully saturated rings. The molecule has 2 N–H and O–H groups in total. The second-order valence-corrected chi connectivity index (χ2v) is 10.4. The molecule has 8 heteroatoms. The Kier molecular flexibility index (Phi) is 6.27. The van der Waals surface area contributed by atoms with Crippen LogP contribution in [0, 0.1) is 15.4 Å². The van der Waals surface area contributed by atoms with Crippen molar-refractivity contribution in [1.29, 1.82) is 0 Å². The van der Waals surface area contributed by atoms with E-state index < -0.39 is 12.2 Å². The van der Waals surface area contributed by atoms with Gasteiger partial charge in [-0.15, -0.1) is 0 Å². The minimum Gasteiger partial charge on any atom is -0.356 e. The van der Waals surface area contributed by atoms with Gasteiger partial charge < -0.3 is 20.4 Å². The molecule has 0 radical (unpaired) electrons. The minimum atomic E-state index is -0.999. The van der Waals surface area contributed by atoms with E-state index >= 15 is 0 Å². The topological polar surface area (TPSA) is 77.0 Å². The summed E-state index contributed by atoms with van der Waals surface area (Å²) in [6, 6.07) is 15.0. The molecule has 0 aromatic heterocycles. The fraction of sp³-hybridized carbons (Fsp3) is 0.400. The molecular formula is C25H28IN5O2. The number of carbonyl (C=O) groups excluding carboxylic acids is 2. The highest BCUT2D eigenvalue weighted by Crippen LogP contribution is 2.36. The van der Waals surface area contributed by atoms with Crippen LogP contribution in [0.3, 0.4) is 0 Å². The first-order chi connectivity index (χ1) is 16.0. The number of para-hydroxylation sites is 1. The number of carbonyl (C=O) groups is 2. The van der Waals surface area contributed by atoms with Crippen molar-refractivity contribution in [3.8, 4) is 0 Å². The number of fused-ring (bicyclic) bond motifs is 5. The van der Waals surface area contributed by atoms with Crippen LogP contribution >= 0.6 is 22.6 Å². The number of benzene rings is 2. The standard InChI is InChI=1S/C25H28IN5O2/c1-30-21-8-3-2-7-20(21)23(31-14-16-9-10-17(15-31)12-11-16)28-22(24(30)32)29-25(33)27-19-6-4-5-18(26)13-19/h2-8,13,16-17,22H,9-12,14-15H2,1H3,(H2,27,29,33)/t16?,17?,22-/m0/s1. The van der Waals surface area contributed by atoms with E-state index in [-0.39, 0.29) is 5.91 Å². The monoisotopic (exact) mass is 557 g/mol. The third-order valence-corrected chi connectivity index (χ3v) is 7.57. The van der Waals surface area contributed by atoms with Crippen LogP contribution in [-0.2, 0) is 4.79 Å². The predicted molar refractivity (Wildman–Crippen MR) is 139 cm³/mol. The average Bonchev–Trinajstić information content (AvgIpc) is 3.18. The number of anilines is 2. The SMILES string of the molecule is CN1C(=O)[C@H](NC(=O)Nc2cccc(I)c2)N=C(N2CC3CCC(CC3)C2)c2ccccc21. The molecule has 0 unspecified atom stereocenters. The molecule has 4 aliphatic rings. The van der Waals surface area contributed by atoms with E-state index in [4.69, 9.17) is 4.99 Å². The van der Waals surface area contributed by atoms with Gasteiger partial charge in [-0.25, -0.2) is 9.79 Å². The van der Waals surface area contributed by atoms with E-state index in [0.717, 1.165) is 33.7 Å². The number of rotatable bonds is 2. The summed E-state index contributed by atoms with van der Waals surface area (Å²) < 4.78 is 1.02. The highest BCUT2D eigenvalue weighted by Gasteiger charge is 2.36. The lowest BCUT2D eigenvalue weighted by Gasteiger charge is -2.27. The quantitative estimate of drug-likeness (QED) is 0.542. The van der Waals surface area contributed by atoms with Crippen LogP contribution in [0.2, 0.25) is 0 Å². The van der Waals surface area contributed by atoms with Crippen LogP contribution in [-0.4, -0.2) is 49.0 Å². The van der Waals surface area contributed by atoms with Crippen molar-refractivity contribution in [2.45, 2.75) is 31.8 Å². The van der Waals surface area contributed by atoms with Crippen LogP contribution in [0.4, 0.5) is 16.2 Å². The van der Waals surface area contributed by atoms with Crippen molar-refractivity contribution in [1.82, 2.24) is 10.2 Å². The lowest BCUT2D eigenvalue weighted by molar-refractivity contribution is -0.119. The maximum absolute atomic E-state index is 13.3. The number of benzodiazepines with no additional fused rings is 1. The normalized spacial score (nSPS) is 24.5. The summed E-state index contributed by atoms with van der Waals surface area (Å²) in [5.74, 6) is 1.87. The number of urea groups is 1. The Bertz CT molecular complexity index is 1080. The molecule has 1 atom stereocenters. The zero-order chi connectivity index (χ0) is 22.9. The van der Waals surface area contributed by atoms with Crippen molar-refractivity contribution in [3.63, 3.8) is 0 Å². The van der Waals surface area contributed by atoms with E-state index in [1.54, 1.807) is 11.9 Å². The predicted octanol–water partition coefficient (Wildman–Crippen LogP) is 4.28. The first-order valence-electron chi connectivity index (χ1n) is 11.5. The number of aliphatic imine (C=N–C) groups is 1. The Morgan fingerprint density at radius 2 is 1.73 bits per heavy atom. The summed E-state index contributed by atoms with van der Waals surface area (Å²) in [7, 11) is 1.75. The smallest absolute Gasteiger partial charge is 0.321 e. The largest absolute Gasteiger partial charge is 0.356 e. The summed E-state index contributed by atoms with van der Waals surface area (Å²) in [5.41, 5.74) is 2.43. The van der Waals surface area contributed by atoms with Crippen molar-refractivity contribution in [2.75, 3.05) is 30.4 Å². The number of nitrogens with one attached hydrogen (secondary N) is 2. The second kappa shape index (κ2) is 9.32. The van der Waals surface area contributed by atoms with Gasteiger partial charge >= 0.3 is 6.03 Å². The highest BCUT2D eigenvalue weighted by molar-refractivity contribution is 14.1. The van der Waals surface area contributed by atoms with E-state index in [1.165, 1.54) is 25.7 Å². The first kappa shape index (κ1) is 22.2. The lowest BCUT2D eigenvalue weighted by atomic mass is 9.84. The van der Waals surface area contributed by atoms with Gasteiger partial charge in [0.25, 0.3) is 5.91 Å². The van der Waals surface area contributed by atoms with Gasteiger partial charge in [-0.3, -0.25) is 4.79 Å². The number of halogens is 1. The zero-order valence-electron chi connectivity index (χ0n) is 18.6. The van der Waals surface area contributed by atoms with Gasteiger partial charge in [-0.1, -0.05) is 18.2 Å². The molecule has 33 heavy (non-hydrogen) atoms. The van der Waals surface area contributed by atoms with Gasteiger partial charge in [0.2, 0.25) is 6.17 Å². The van der Waals surface area contributed by atoms with Crippen molar-refractivity contribution >= 4 is 51.7 Å². The van der Waals surface area contributed by atoms with Crippen LogP contribution in [0.5, 0.6) is 0 Å². The maximum atomic E-state index is 13.3. The van der Waals surface area contributed by atoms with E-state index in [2.05, 4.69) is 38.1 Å². The van der Waals surface area contributed by atoms with E-state index in [1.807, 2.05) is 48.5 Å². The maximum Gasteiger partial charge on any atom is 0.321 e. The molecule has 2 bridgehead atoms. The molecule has 2 aromatic rings. The molecule has 3 amide bonds. The molecule has 2 saturated heterocycles. The zero-order valence-corrected chi connectivity index (χ0v) is 20.8. The molecule has 0 spiro atoms. The van der Waals surface area contributed by atoms with Gasteiger partial charge in [0.1, 0.15) is 5.84 Å². The molecule has 1 saturated carbocycles. The molecular weight excluding hydrogens is 529 g/mol. The Morgan fingerprint density at radius 3 is 2.42 bits per heavy atom. The van der Waals surface area contributed by atoms with Crippen LogP contribution in [0.15, 0.2) is 53.5 Å². The van der Waals surface area contributed by atoms with E-state index in [0.29, 0.717) is 17.5 Å². The van der Waals surface area contributed by atoms with Crippen LogP contribution in [0.1, 0.15) is 31.2 Å². The fourth-order valence-electron chi connectivity index (χ4n) is 5.18. The minimum absolute atomic E-state index is 0.256. The van der Waals surface area contributed by atoms with Gasteiger partial charge in [-0.05, 0) is 90.4 Å². The van der Waals surface area contributed by atoms with Crippen molar-refractivity contribution in [3.05, 3.63) is 57.7 Å². The molecule has 6 rings (SSSR count). The van der Waals surface area contributed by atoms with Gasteiger partial charge in [0, 0.05) is 35.0 Å². The number of hydrogen-bond acceptors (Lipinski definition) is 4. The number of amidine groups is 1. The third kappa shape index (κ3) is 4.71. The summed E-state index contributed by atoms with van der Waals surface area (Å²) in [5, 5.41) is 5.63. The third-order valence-electron chi connectivity index (χ3n) is 6.90. The number of amides is 3. The summed E-state index contributed by atoms with van der Waals surface area (Å²) >= 11 is 2.20. The van der Waals surface area contributed by atoms with Gasteiger partial charge in [0.15, 0.2) is 0 Å². The van der Waals surface area contributed by atoms with Crippen LogP contribution in [0.25, 0.3) is 0 Å². The van der Waals surface area contributed by atoms with Gasteiger partial charge in [-0.2, -0.15) is 0 Å². The summed E-state index contributed by atoms with van der Waals surface area (Å²) in [4.78, 5) is 35.0. The van der Waals surface area contributed by atoms with E-state index in [9.17, 15) is 9.59 Å².